The highest BCUT2D eigenvalue weighted by Gasteiger charge is 2.29. The minimum Gasteiger partial charge on any atom is -0.302 e. The van der Waals surface area contributed by atoms with Crippen LogP contribution in [-0.4, -0.2) is 29.0 Å². The van der Waals surface area contributed by atoms with Gasteiger partial charge < -0.3 is 4.90 Å². The molecule has 0 radical (unpaired) electrons. The number of rotatable bonds is 2. The Hall–Kier alpha value is 0.690. The van der Waals surface area contributed by atoms with Gasteiger partial charge in [0.2, 0.25) is 0 Å². The molecule has 0 spiro atoms. The van der Waals surface area contributed by atoms with Gasteiger partial charge in [-0.25, -0.2) is 0 Å². The van der Waals surface area contributed by atoms with Gasteiger partial charge in [0.1, 0.15) is 0 Å². The van der Waals surface area contributed by atoms with Crippen molar-refractivity contribution in [3.05, 3.63) is 0 Å². The summed E-state index contributed by atoms with van der Waals surface area (Å²) < 4.78 is 1.30. The Bertz CT molecular complexity index is 137. The highest BCUT2D eigenvalue weighted by atomic mass is 127. The lowest BCUT2D eigenvalue weighted by atomic mass is 9.78. The molecule has 12 heavy (non-hydrogen) atoms. The summed E-state index contributed by atoms with van der Waals surface area (Å²) in [6.45, 7) is 4.13. The standard InChI is InChI=1S/C10H18IN/c11-4-5-12-7-9-2-1-3-10(6-9)8-12/h9-10H,1-8H2. The van der Waals surface area contributed by atoms with Crippen LogP contribution in [0.5, 0.6) is 0 Å². The van der Waals surface area contributed by atoms with Crippen molar-refractivity contribution in [1.82, 2.24) is 4.90 Å². The van der Waals surface area contributed by atoms with E-state index in [-0.39, 0.29) is 0 Å². The second-order valence-corrected chi connectivity index (χ2v) is 5.43. The van der Waals surface area contributed by atoms with Gasteiger partial charge in [0.25, 0.3) is 0 Å². The maximum atomic E-state index is 2.68. The van der Waals surface area contributed by atoms with Gasteiger partial charge in [0.15, 0.2) is 0 Å². The summed E-state index contributed by atoms with van der Waals surface area (Å²) in [5.74, 6) is 2.11. The van der Waals surface area contributed by atoms with E-state index in [1.165, 1.54) is 49.7 Å². The first-order chi connectivity index (χ1) is 5.88. The van der Waals surface area contributed by atoms with Crippen LogP contribution in [0.1, 0.15) is 25.7 Å². The normalized spacial score (nSPS) is 36.8. The average molecular weight is 279 g/mol. The van der Waals surface area contributed by atoms with E-state index >= 15 is 0 Å². The summed E-state index contributed by atoms with van der Waals surface area (Å²) in [4.78, 5) is 2.68. The highest BCUT2D eigenvalue weighted by molar-refractivity contribution is 14.1. The van der Waals surface area contributed by atoms with Crippen molar-refractivity contribution in [3.63, 3.8) is 0 Å². The molecule has 2 fully saturated rings. The third kappa shape index (κ3) is 2.13. The molecule has 70 valence electrons. The Morgan fingerprint density at radius 1 is 1.17 bits per heavy atom. The van der Waals surface area contributed by atoms with Crippen molar-refractivity contribution in [1.29, 1.82) is 0 Å². The van der Waals surface area contributed by atoms with Crippen LogP contribution in [0.15, 0.2) is 0 Å². The summed E-state index contributed by atoms with van der Waals surface area (Å²) in [6.07, 6.45) is 6.06. The lowest BCUT2D eigenvalue weighted by Crippen LogP contribution is -2.43. The van der Waals surface area contributed by atoms with Gasteiger partial charge in [-0.05, 0) is 31.1 Å². The van der Waals surface area contributed by atoms with Crippen molar-refractivity contribution in [2.45, 2.75) is 25.7 Å². The molecule has 1 saturated heterocycles. The van der Waals surface area contributed by atoms with Crippen molar-refractivity contribution in [2.75, 3.05) is 24.1 Å². The largest absolute Gasteiger partial charge is 0.302 e. The fourth-order valence-electron chi connectivity index (χ4n) is 2.84. The van der Waals surface area contributed by atoms with Crippen molar-refractivity contribution in [3.8, 4) is 0 Å². The number of piperidine rings is 1. The van der Waals surface area contributed by atoms with Crippen LogP contribution in [0.3, 0.4) is 0 Å². The molecule has 1 heterocycles. The van der Waals surface area contributed by atoms with Gasteiger partial charge >= 0.3 is 0 Å². The number of hydrogen-bond acceptors (Lipinski definition) is 1. The highest BCUT2D eigenvalue weighted by Crippen LogP contribution is 2.34. The third-order valence-electron chi connectivity index (χ3n) is 3.32. The number of alkyl halides is 1. The Balaban J connectivity index is 1.87. The maximum absolute atomic E-state index is 2.68. The molecular formula is C10H18IN. The molecule has 1 aliphatic carbocycles. The zero-order valence-electron chi connectivity index (χ0n) is 7.64. The van der Waals surface area contributed by atoms with Gasteiger partial charge in [-0.1, -0.05) is 29.0 Å². The number of hydrogen-bond donors (Lipinski definition) is 0. The quantitative estimate of drug-likeness (QED) is 0.554. The molecule has 0 amide bonds. The van der Waals surface area contributed by atoms with Crippen molar-refractivity contribution in [2.24, 2.45) is 11.8 Å². The summed E-state index contributed by atoms with van der Waals surface area (Å²) in [6, 6.07) is 0. The first kappa shape index (κ1) is 9.25. The van der Waals surface area contributed by atoms with E-state index in [2.05, 4.69) is 27.5 Å². The van der Waals surface area contributed by atoms with Crippen LogP contribution < -0.4 is 0 Å². The molecule has 1 aliphatic heterocycles. The minimum atomic E-state index is 1.06. The first-order valence-electron chi connectivity index (χ1n) is 5.17. The molecule has 2 unspecified atom stereocenters. The van der Waals surface area contributed by atoms with Crippen molar-refractivity contribution >= 4 is 22.6 Å². The maximum Gasteiger partial charge on any atom is 0.0123 e. The molecule has 1 saturated carbocycles. The minimum absolute atomic E-state index is 1.06. The van der Waals surface area contributed by atoms with E-state index < -0.39 is 0 Å². The van der Waals surface area contributed by atoms with Gasteiger partial charge in [-0.3, -0.25) is 0 Å². The summed E-state index contributed by atoms with van der Waals surface area (Å²) in [5, 5.41) is 0. The van der Waals surface area contributed by atoms with Gasteiger partial charge in [-0.15, -0.1) is 0 Å². The smallest absolute Gasteiger partial charge is 0.0123 e. The molecule has 0 aromatic rings. The second-order valence-electron chi connectivity index (χ2n) is 4.35. The summed E-state index contributed by atoms with van der Waals surface area (Å²) in [5.41, 5.74) is 0. The molecule has 2 aliphatic rings. The number of likely N-dealkylation sites (tertiary alicyclic amines) is 1. The topological polar surface area (TPSA) is 3.24 Å². The lowest BCUT2D eigenvalue weighted by molar-refractivity contribution is 0.0920. The molecule has 2 atom stereocenters. The number of nitrogens with zero attached hydrogens (tertiary/aromatic N) is 1. The summed E-state index contributed by atoms with van der Waals surface area (Å²) in [7, 11) is 0. The Morgan fingerprint density at radius 2 is 1.83 bits per heavy atom. The monoisotopic (exact) mass is 279 g/mol. The van der Waals surface area contributed by atoms with E-state index in [0.717, 1.165) is 11.8 Å². The Labute approximate surface area is 89.0 Å². The Kier molecular flexibility index (Phi) is 3.29. The van der Waals surface area contributed by atoms with Gasteiger partial charge in [0.05, 0.1) is 0 Å². The molecule has 1 nitrogen and oxygen atoms in total. The van der Waals surface area contributed by atoms with Crippen molar-refractivity contribution < 1.29 is 0 Å². The van der Waals surface area contributed by atoms with Gasteiger partial charge in [-0.2, -0.15) is 0 Å². The van der Waals surface area contributed by atoms with Crippen LogP contribution in [-0.2, 0) is 0 Å². The fraction of sp³-hybridized carbons (Fsp3) is 1.00. The SMILES string of the molecule is ICCN1CC2CCCC(C2)C1. The average Bonchev–Trinajstić information content (AvgIpc) is 2.04. The van der Waals surface area contributed by atoms with Gasteiger partial charge in [0, 0.05) is 24.1 Å². The lowest BCUT2D eigenvalue weighted by Gasteiger charge is -2.41. The molecule has 2 heteroatoms. The second kappa shape index (κ2) is 4.27. The molecule has 0 aromatic carbocycles. The molecule has 2 bridgehead atoms. The Morgan fingerprint density at radius 3 is 2.42 bits per heavy atom. The third-order valence-corrected chi connectivity index (χ3v) is 3.81. The van der Waals surface area contributed by atoms with Crippen LogP contribution in [0, 0.1) is 11.8 Å². The van der Waals surface area contributed by atoms with E-state index in [4.69, 9.17) is 0 Å². The first-order valence-corrected chi connectivity index (χ1v) is 6.69. The number of fused-ring (bicyclic) bond motifs is 2. The zero-order valence-corrected chi connectivity index (χ0v) is 9.79. The zero-order chi connectivity index (χ0) is 8.39. The number of halogens is 1. The molecule has 0 aromatic heterocycles. The van der Waals surface area contributed by atoms with E-state index in [1.54, 1.807) is 0 Å². The van der Waals surface area contributed by atoms with Crippen LogP contribution in [0.25, 0.3) is 0 Å². The molecular weight excluding hydrogens is 261 g/mol. The van der Waals surface area contributed by atoms with Crippen LogP contribution >= 0.6 is 22.6 Å². The predicted octanol–water partition coefficient (Wildman–Crippen LogP) is 2.54. The molecule has 0 N–H and O–H groups in total. The fourth-order valence-corrected chi connectivity index (χ4v) is 3.52. The molecule has 2 rings (SSSR count). The van der Waals surface area contributed by atoms with E-state index in [0.29, 0.717) is 0 Å². The van der Waals surface area contributed by atoms with E-state index in [9.17, 15) is 0 Å². The van der Waals surface area contributed by atoms with E-state index in [1.807, 2.05) is 0 Å². The summed E-state index contributed by atoms with van der Waals surface area (Å²) >= 11 is 2.49. The predicted molar refractivity (Wildman–Crippen MR) is 60.8 cm³/mol. The van der Waals surface area contributed by atoms with Crippen LogP contribution in [0.2, 0.25) is 0 Å². The van der Waals surface area contributed by atoms with Crippen LogP contribution in [0.4, 0.5) is 0 Å².